The number of unbranched alkanes of at least 4 members (excludes halogenated alkanes) is 2. The van der Waals surface area contributed by atoms with Crippen LogP contribution in [0.15, 0.2) is 0 Å². The van der Waals surface area contributed by atoms with Crippen molar-refractivity contribution in [1.29, 1.82) is 0 Å². The molecule has 0 spiro atoms. The van der Waals surface area contributed by atoms with Crippen molar-refractivity contribution in [1.82, 2.24) is 0 Å². The molecule has 7 N–H and O–H groups in total. The van der Waals surface area contributed by atoms with Gasteiger partial charge in [0.15, 0.2) is 0 Å². The van der Waals surface area contributed by atoms with Crippen molar-refractivity contribution in [2.75, 3.05) is 19.6 Å². The molecule has 13 heavy (non-hydrogen) atoms. The predicted molar refractivity (Wildman–Crippen MR) is 53.3 cm³/mol. The lowest BCUT2D eigenvalue weighted by atomic mass is 10.2. The number of carbonyl (C=O) groups is 1. The first-order chi connectivity index (χ1) is 6.18. The Morgan fingerprint density at radius 3 is 1.77 bits per heavy atom. The molecule has 0 amide bonds. The van der Waals surface area contributed by atoms with E-state index in [1.165, 1.54) is 0 Å². The summed E-state index contributed by atoms with van der Waals surface area (Å²) in [5.74, 6) is -0.716. The Labute approximate surface area is 79.3 Å². The lowest BCUT2D eigenvalue weighted by molar-refractivity contribution is -0.137. The zero-order valence-corrected chi connectivity index (χ0v) is 8.04. The van der Waals surface area contributed by atoms with Gasteiger partial charge in [-0.15, -0.1) is 0 Å². The number of nitrogens with two attached hydrogens (primary N) is 3. The van der Waals surface area contributed by atoms with Gasteiger partial charge in [-0.2, -0.15) is 0 Å². The molecule has 0 aliphatic heterocycles. The molecule has 0 saturated carbocycles. The summed E-state index contributed by atoms with van der Waals surface area (Å²) >= 11 is 0. The molecule has 0 heterocycles. The second-order valence-corrected chi connectivity index (χ2v) is 2.57. The van der Waals surface area contributed by atoms with E-state index in [1.807, 2.05) is 0 Å². The molecule has 0 unspecified atom stereocenters. The van der Waals surface area contributed by atoms with Crippen molar-refractivity contribution < 1.29 is 9.90 Å². The molecule has 0 rings (SSSR count). The maximum atomic E-state index is 9.93. The monoisotopic (exact) mass is 191 g/mol. The maximum Gasteiger partial charge on any atom is 0.303 e. The summed E-state index contributed by atoms with van der Waals surface area (Å²) in [7, 11) is 0. The van der Waals surface area contributed by atoms with E-state index < -0.39 is 5.97 Å². The first-order valence-electron chi connectivity index (χ1n) is 4.51. The summed E-state index contributed by atoms with van der Waals surface area (Å²) in [5.41, 5.74) is 15.0. The topological polar surface area (TPSA) is 115 Å². The van der Waals surface area contributed by atoms with Gasteiger partial charge < -0.3 is 22.3 Å². The molecule has 0 aliphatic rings. The van der Waals surface area contributed by atoms with Crippen LogP contribution in [0.3, 0.4) is 0 Å². The Hall–Kier alpha value is -0.650. The van der Waals surface area contributed by atoms with E-state index in [0.717, 1.165) is 19.3 Å². The van der Waals surface area contributed by atoms with E-state index in [-0.39, 0.29) is 6.42 Å². The van der Waals surface area contributed by atoms with Crippen LogP contribution in [-0.4, -0.2) is 30.7 Å². The maximum absolute atomic E-state index is 9.93. The second kappa shape index (κ2) is 13.9. The van der Waals surface area contributed by atoms with Crippen molar-refractivity contribution in [3.05, 3.63) is 0 Å². The highest BCUT2D eigenvalue weighted by Crippen LogP contribution is 1.97. The summed E-state index contributed by atoms with van der Waals surface area (Å²) in [6.07, 6.45) is 2.91. The summed E-state index contributed by atoms with van der Waals surface area (Å²) < 4.78 is 0. The lowest BCUT2D eigenvalue weighted by Gasteiger charge is -1.93. The minimum atomic E-state index is -0.716. The molecule has 0 radical (unpaired) electrons. The van der Waals surface area contributed by atoms with Crippen LogP contribution in [0.1, 0.15) is 25.7 Å². The van der Waals surface area contributed by atoms with Crippen molar-refractivity contribution in [3.63, 3.8) is 0 Å². The quantitative estimate of drug-likeness (QED) is 0.422. The second-order valence-electron chi connectivity index (χ2n) is 2.57. The average molecular weight is 191 g/mol. The lowest BCUT2D eigenvalue weighted by Crippen LogP contribution is -2.11. The molecule has 0 atom stereocenters. The third-order valence-corrected chi connectivity index (χ3v) is 1.26. The number of carboxylic acids is 1. The van der Waals surface area contributed by atoms with Gasteiger partial charge in [0.05, 0.1) is 0 Å². The molecule has 5 nitrogen and oxygen atoms in total. The fraction of sp³-hybridized carbons (Fsp3) is 0.875. The van der Waals surface area contributed by atoms with Crippen molar-refractivity contribution in [2.45, 2.75) is 25.7 Å². The van der Waals surface area contributed by atoms with Crippen LogP contribution in [0.25, 0.3) is 0 Å². The van der Waals surface area contributed by atoms with Gasteiger partial charge in [-0.25, -0.2) is 0 Å². The number of hydrogen-bond acceptors (Lipinski definition) is 4. The van der Waals surface area contributed by atoms with E-state index in [9.17, 15) is 4.79 Å². The third kappa shape index (κ3) is 24.6. The van der Waals surface area contributed by atoms with Gasteiger partial charge in [0.1, 0.15) is 0 Å². The number of rotatable bonds is 6. The summed E-state index contributed by atoms with van der Waals surface area (Å²) in [5, 5.41) is 8.18. The average Bonchev–Trinajstić information content (AvgIpc) is 2.13. The van der Waals surface area contributed by atoms with Gasteiger partial charge in [-0.3, -0.25) is 4.79 Å². The molecule has 0 aromatic carbocycles. The molecule has 0 bridgehead atoms. The molecule has 0 aliphatic carbocycles. The smallest absolute Gasteiger partial charge is 0.303 e. The fourth-order valence-electron chi connectivity index (χ4n) is 0.597. The summed E-state index contributed by atoms with van der Waals surface area (Å²) in [6.45, 7) is 1.86. The zero-order chi connectivity index (χ0) is 10.5. The van der Waals surface area contributed by atoms with E-state index in [0.29, 0.717) is 19.6 Å². The highest BCUT2D eigenvalue weighted by Gasteiger charge is 1.94. The molecule has 0 aromatic heterocycles. The van der Waals surface area contributed by atoms with E-state index in [4.69, 9.17) is 22.3 Å². The van der Waals surface area contributed by atoms with Gasteiger partial charge in [-0.05, 0) is 19.4 Å². The van der Waals surface area contributed by atoms with E-state index in [1.54, 1.807) is 0 Å². The zero-order valence-electron chi connectivity index (χ0n) is 8.04. The van der Waals surface area contributed by atoms with Crippen LogP contribution in [0, 0.1) is 0 Å². The Morgan fingerprint density at radius 2 is 1.46 bits per heavy atom. The SMILES string of the molecule is NCCCCCC(=O)O.NCCN. The molecule has 5 heteroatoms. The van der Waals surface area contributed by atoms with Gasteiger partial charge in [-0.1, -0.05) is 6.42 Å². The molecule has 0 aromatic rings. The number of aliphatic carboxylic acids is 1. The van der Waals surface area contributed by atoms with Gasteiger partial charge in [0, 0.05) is 19.5 Å². The minimum absolute atomic E-state index is 0.278. The van der Waals surface area contributed by atoms with Gasteiger partial charge >= 0.3 is 5.97 Å². The van der Waals surface area contributed by atoms with Crippen LogP contribution in [0.5, 0.6) is 0 Å². The normalized spacial score (nSPS) is 8.85. The highest BCUT2D eigenvalue weighted by molar-refractivity contribution is 5.66. The largest absolute Gasteiger partial charge is 0.481 e. The van der Waals surface area contributed by atoms with E-state index in [2.05, 4.69) is 0 Å². The Kier molecular flexibility index (Phi) is 15.9. The van der Waals surface area contributed by atoms with Crippen molar-refractivity contribution in [2.24, 2.45) is 17.2 Å². The summed E-state index contributed by atoms with van der Waals surface area (Å²) in [4.78, 5) is 9.93. The first kappa shape index (κ1) is 14.9. The van der Waals surface area contributed by atoms with Crippen LogP contribution >= 0.6 is 0 Å². The highest BCUT2D eigenvalue weighted by atomic mass is 16.4. The Bertz CT molecular complexity index is 108. The Balaban J connectivity index is 0. The number of hydrogen-bond donors (Lipinski definition) is 4. The molecule has 0 saturated heterocycles. The molecule has 80 valence electrons. The number of carboxylic acid groups (broad SMARTS) is 1. The molecular formula is C8H21N3O2. The van der Waals surface area contributed by atoms with Crippen LogP contribution in [0.4, 0.5) is 0 Å². The van der Waals surface area contributed by atoms with Crippen molar-refractivity contribution in [3.8, 4) is 0 Å². The standard InChI is InChI=1S/C6H13NO2.C2H8N2/c7-5-3-1-2-4-6(8)9;3-1-2-4/h1-5,7H2,(H,8,9);1-4H2. The van der Waals surface area contributed by atoms with Crippen molar-refractivity contribution >= 4 is 5.97 Å². The molecule has 0 fully saturated rings. The minimum Gasteiger partial charge on any atom is -0.481 e. The van der Waals surface area contributed by atoms with Gasteiger partial charge in [0.25, 0.3) is 0 Å². The van der Waals surface area contributed by atoms with E-state index >= 15 is 0 Å². The van der Waals surface area contributed by atoms with Crippen LogP contribution in [0.2, 0.25) is 0 Å². The van der Waals surface area contributed by atoms with Crippen LogP contribution < -0.4 is 17.2 Å². The van der Waals surface area contributed by atoms with Crippen LogP contribution in [-0.2, 0) is 4.79 Å². The fourth-order valence-corrected chi connectivity index (χ4v) is 0.597. The summed E-state index contributed by atoms with van der Waals surface area (Å²) in [6, 6.07) is 0. The first-order valence-corrected chi connectivity index (χ1v) is 4.51. The predicted octanol–water partition coefficient (Wildman–Crippen LogP) is -0.506. The third-order valence-electron chi connectivity index (χ3n) is 1.26. The molecular weight excluding hydrogens is 170 g/mol. The van der Waals surface area contributed by atoms with Gasteiger partial charge in [0.2, 0.25) is 0 Å². The Morgan fingerprint density at radius 1 is 0.923 bits per heavy atom.